The molecule has 0 atom stereocenters. The Labute approximate surface area is 96.7 Å². The lowest BCUT2D eigenvalue weighted by molar-refractivity contribution is 0.0784. The number of nitrogens with zero attached hydrogens (tertiary/aromatic N) is 3. The predicted molar refractivity (Wildman–Crippen MR) is 59.1 cm³/mol. The molecule has 0 saturated heterocycles. The van der Waals surface area contributed by atoms with Crippen LogP contribution in [0.2, 0.25) is 0 Å². The molecule has 15 heavy (non-hydrogen) atoms. The summed E-state index contributed by atoms with van der Waals surface area (Å²) in [7, 11) is 0. The molecule has 78 valence electrons. The molecule has 1 rings (SSSR count). The summed E-state index contributed by atoms with van der Waals surface area (Å²) in [5.74, 6) is -0.151. The Kier molecular flexibility index (Phi) is 4.25. The maximum Gasteiger partial charge on any atom is 0.254 e. The van der Waals surface area contributed by atoms with Crippen molar-refractivity contribution >= 4 is 21.8 Å². The van der Waals surface area contributed by atoms with Gasteiger partial charge in [-0.25, -0.2) is 4.98 Å². The Morgan fingerprint density at radius 1 is 1.73 bits per heavy atom. The number of carbonyl (C=O) groups excluding carboxylic acids is 1. The Hall–Kier alpha value is -1.41. The summed E-state index contributed by atoms with van der Waals surface area (Å²) in [4.78, 5) is 17.3. The third kappa shape index (κ3) is 3.03. The second-order valence-corrected chi connectivity index (χ2v) is 3.66. The van der Waals surface area contributed by atoms with Gasteiger partial charge in [-0.05, 0) is 35.0 Å². The van der Waals surface area contributed by atoms with Gasteiger partial charge in [-0.3, -0.25) is 4.79 Å². The summed E-state index contributed by atoms with van der Waals surface area (Å²) in [5, 5.41) is 8.55. The van der Waals surface area contributed by atoms with Crippen LogP contribution in [0.15, 0.2) is 22.9 Å². The van der Waals surface area contributed by atoms with E-state index in [0.717, 1.165) is 0 Å². The molecule has 1 aromatic rings. The zero-order valence-corrected chi connectivity index (χ0v) is 9.86. The summed E-state index contributed by atoms with van der Waals surface area (Å²) in [6.45, 7) is 2.47. The SMILES string of the molecule is CCN(CC#N)C(=O)c1ccnc(Br)c1. The molecule has 0 aromatic carbocycles. The molecule has 0 unspecified atom stereocenters. The first-order valence-electron chi connectivity index (χ1n) is 4.46. The second-order valence-electron chi connectivity index (χ2n) is 2.84. The van der Waals surface area contributed by atoms with Crippen molar-refractivity contribution in [3.63, 3.8) is 0 Å². The summed E-state index contributed by atoms with van der Waals surface area (Å²) in [6.07, 6.45) is 1.55. The summed E-state index contributed by atoms with van der Waals surface area (Å²) in [5.41, 5.74) is 0.536. The molecule has 0 fully saturated rings. The maximum atomic E-state index is 11.8. The maximum absolute atomic E-state index is 11.8. The van der Waals surface area contributed by atoms with E-state index in [4.69, 9.17) is 5.26 Å². The molecular weight excluding hydrogens is 258 g/mol. The van der Waals surface area contributed by atoms with Gasteiger partial charge in [0.05, 0.1) is 6.07 Å². The first-order chi connectivity index (χ1) is 7.19. The van der Waals surface area contributed by atoms with E-state index >= 15 is 0 Å². The van der Waals surface area contributed by atoms with Crippen LogP contribution in [0, 0.1) is 11.3 Å². The van der Waals surface area contributed by atoms with Crippen LogP contribution in [0.3, 0.4) is 0 Å². The third-order valence-electron chi connectivity index (χ3n) is 1.90. The number of hydrogen-bond acceptors (Lipinski definition) is 3. The van der Waals surface area contributed by atoms with E-state index in [-0.39, 0.29) is 12.5 Å². The van der Waals surface area contributed by atoms with Gasteiger partial charge in [0.1, 0.15) is 11.1 Å². The number of carbonyl (C=O) groups is 1. The van der Waals surface area contributed by atoms with Crippen molar-refractivity contribution < 1.29 is 4.79 Å². The minimum absolute atomic E-state index is 0.106. The highest BCUT2D eigenvalue weighted by Crippen LogP contribution is 2.10. The molecule has 0 aliphatic rings. The van der Waals surface area contributed by atoms with Gasteiger partial charge in [-0.2, -0.15) is 5.26 Å². The van der Waals surface area contributed by atoms with Gasteiger partial charge in [0.15, 0.2) is 0 Å². The number of rotatable bonds is 3. The molecule has 1 aromatic heterocycles. The highest BCUT2D eigenvalue weighted by atomic mass is 79.9. The quantitative estimate of drug-likeness (QED) is 0.620. The minimum Gasteiger partial charge on any atom is -0.326 e. The van der Waals surface area contributed by atoms with Crippen LogP contribution in [0.25, 0.3) is 0 Å². The van der Waals surface area contributed by atoms with E-state index in [0.29, 0.717) is 16.7 Å². The average molecular weight is 268 g/mol. The largest absolute Gasteiger partial charge is 0.326 e. The zero-order chi connectivity index (χ0) is 11.3. The molecule has 0 spiro atoms. The van der Waals surface area contributed by atoms with E-state index in [2.05, 4.69) is 20.9 Å². The lowest BCUT2D eigenvalue weighted by Crippen LogP contribution is -2.31. The van der Waals surface area contributed by atoms with Crippen LogP contribution in [-0.2, 0) is 0 Å². The predicted octanol–water partition coefficient (Wildman–Crippen LogP) is 1.83. The second kappa shape index (κ2) is 5.47. The van der Waals surface area contributed by atoms with Crippen LogP contribution in [-0.4, -0.2) is 28.9 Å². The van der Waals surface area contributed by atoms with Gasteiger partial charge in [-0.1, -0.05) is 0 Å². The van der Waals surface area contributed by atoms with E-state index < -0.39 is 0 Å². The summed E-state index contributed by atoms with van der Waals surface area (Å²) >= 11 is 3.19. The molecule has 0 aliphatic carbocycles. The van der Waals surface area contributed by atoms with Gasteiger partial charge >= 0.3 is 0 Å². The van der Waals surface area contributed by atoms with E-state index in [1.165, 1.54) is 4.90 Å². The topological polar surface area (TPSA) is 57.0 Å². The first kappa shape index (κ1) is 11.7. The van der Waals surface area contributed by atoms with Crippen LogP contribution in [0.4, 0.5) is 0 Å². The Morgan fingerprint density at radius 3 is 3.00 bits per heavy atom. The normalized spacial score (nSPS) is 9.40. The molecule has 0 aliphatic heterocycles. The van der Waals surface area contributed by atoms with Crippen molar-refractivity contribution in [2.45, 2.75) is 6.92 Å². The van der Waals surface area contributed by atoms with Crippen molar-refractivity contribution in [3.8, 4) is 6.07 Å². The first-order valence-corrected chi connectivity index (χ1v) is 5.26. The minimum atomic E-state index is -0.151. The Bertz CT molecular complexity index is 400. The highest BCUT2D eigenvalue weighted by Gasteiger charge is 2.13. The monoisotopic (exact) mass is 267 g/mol. The molecule has 1 amide bonds. The lowest BCUT2D eigenvalue weighted by atomic mass is 10.2. The molecule has 4 nitrogen and oxygen atoms in total. The van der Waals surface area contributed by atoms with Gasteiger partial charge < -0.3 is 4.90 Å². The number of amides is 1. The van der Waals surface area contributed by atoms with Crippen molar-refractivity contribution in [3.05, 3.63) is 28.5 Å². The molecule has 5 heteroatoms. The van der Waals surface area contributed by atoms with Crippen molar-refractivity contribution in [2.75, 3.05) is 13.1 Å². The third-order valence-corrected chi connectivity index (χ3v) is 2.34. The zero-order valence-electron chi connectivity index (χ0n) is 8.27. The lowest BCUT2D eigenvalue weighted by Gasteiger charge is -2.16. The number of halogens is 1. The number of aromatic nitrogens is 1. The molecule has 1 heterocycles. The van der Waals surface area contributed by atoms with Crippen molar-refractivity contribution in [1.29, 1.82) is 5.26 Å². The fourth-order valence-corrected chi connectivity index (χ4v) is 1.50. The molecule has 0 N–H and O–H groups in total. The molecular formula is C10H10BrN3O. The van der Waals surface area contributed by atoms with E-state index in [1.807, 2.05) is 13.0 Å². The van der Waals surface area contributed by atoms with Gasteiger partial charge in [0.25, 0.3) is 5.91 Å². The smallest absolute Gasteiger partial charge is 0.254 e. The van der Waals surface area contributed by atoms with E-state index in [1.54, 1.807) is 18.3 Å². The van der Waals surface area contributed by atoms with Crippen LogP contribution >= 0.6 is 15.9 Å². The summed E-state index contributed by atoms with van der Waals surface area (Å²) < 4.78 is 0.612. The fraction of sp³-hybridized carbons (Fsp3) is 0.300. The van der Waals surface area contributed by atoms with Crippen LogP contribution in [0.1, 0.15) is 17.3 Å². The molecule has 0 saturated carbocycles. The standard InChI is InChI=1S/C10H10BrN3O/c1-2-14(6-4-12)10(15)8-3-5-13-9(11)7-8/h3,5,7H,2,6H2,1H3. The number of nitriles is 1. The Balaban J connectivity index is 2.88. The van der Waals surface area contributed by atoms with Crippen LogP contribution < -0.4 is 0 Å². The Morgan fingerprint density at radius 2 is 2.47 bits per heavy atom. The number of pyridine rings is 1. The van der Waals surface area contributed by atoms with Crippen molar-refractivity contribution in [2.24, 2.45) is 0 Å². The highest BCUT2D eigenvalue weighted by molar-refractivity contribution is 9.10. The van der Waals surface area contributed by atoms with E-state index in [9.17, 15) is 4.79 Å². The van der Waals surface area contributed by atoms with Gasteiger partial charge in [0.2, 0.25) is 0 Å². The van der Waals surface area contributed by atoms with Gasteiger partial charge in [0, 0.05) is 18.3 Å². The van der Waals surface area contributed by atoms with Gasteiger partial charge in [-0.15, -0.1) is 0 Å². The summed E-state index contributed by atoms with van der Waals surface area (Å²) in [6, 6.07) is 5.24. The molecule has 0 bridgehead atoms. The molecule has 0 radical (unpaired) electrons. The van der Waals surface area contributed by atoms with Crippen LogP contribution in [0.5, 0.6) is 0 Å². The fourth-order valence-electron chi connectivity index (χ4n) is 1.13. The number of hydrogen-bond donors (Lipinski definition) is 0. The average Bonchev–Trinajstić information content (AvgIpc) is 2.25. The van der Waals surface area contributed by atoms with Crippen molar-refractivity contribution in [1.82, 2.24) is 9.88 Å².